The zero-order valence-electron chi connectivity index (χ0n) is 8.74. The fourth-order valence-corrected chi connectivity index (χ4v) is 1.19. The second-order valence-electron chi connectivity index (χ2n) is 3.36. The van der Waals surface area contributed by atoms with E-state index >= 15 is 0 Å². The van der Waals surface area contributed by atoms with Gasteiger partial charge in [-0.25, -0.2) is 13.2 Å². The average molecular weight is 316 g/mol. The summed E-state index contributed by atoms with van der Waals surface area (Å²) in [4.78, 5) is 0. The molecule has 1 atom stereocenters. The van der Waals surface area contributed by atoms with Crippen molar-refractivity contribution in [2.45, 2.75) is 18.1 Å². The zero-order chi connectivity index (χ0) is 14.3. The highest BCUT2D eigenvalue weighted by Gasteiger charge is 2.62. The lowest BCUT2D eigenvalue weighted by molar-refractivity contribution is -0.291. The van der Waals surface area contributed by atoms with Gasteiger partial charge in [-0.2, -0.15) is 22.0 Å². The first-order valence-electron chi connectivity index (χ1n) is 4.33. The van der Waals surface area contributed by atoms with E-state index in [1.165, 1.54) is 0 Å². The third kappa shape index (κ3) is 3.08. The summed E-state index contributed by atoms with van der Waals surface area (Å²) >= 11 is 0. The van der Waals surface area contributed by atoms with Crippen molar-refractivity contribution in [1.29, 1.82) is 0 Å². The highest BCUT2D eigenvalue weighted by molar-refractivity contribution is 5.85. The Bertz CT molecular complexity index is 458. The molecule has 10 heteroatoms. The van der Waals surface area contributed by atoms with E-state index in [2.05, 4.69) is 5.73 Å². The van der Waals surface area contributed by atoms with Crippen molar-refractivity contribution in [3.63, 3.8) is 0 Å². The van der Waals surface area contributed by atoms with Gasteiger partial charge in [-0.05, 0) is 12.1 Å². The van der Waals surface area contributed by atoms with Crippen LogP contribution in [0.2, 0.25) is 0 Å². The molecule has 0 saturated heterocycles. The summed E-state index contributed by atoms with van der Waals surface area (Å²) in [7, 11) is 0. The molecule has 0 aliphatic rings. The summed E-state index contributed by atoms with van der Waals surface area (Å²) < 4.78 is 100. The van der Waals surface area contributed by atoms with E-state index in [-0.39, 0.29) is 24.5 Å². The van der Waals surface area contributed by atoms with E-state index < -0.39 is 41.2 Å². The largest absolute Gasteiger partial charge is 0.455 e. The zero-order valence-corrected chi connectivity index (χ0v) is 9.56. The maximum atomic E-state index is 13.0. The van der Waals surface area contributed by atoms with E-state index in [9.17, 15) is 35.1 Å². The molecule has 1 nitrogen and oxygen atoms in total. The van der Waals surface area contributed by atoms with Crippen molar-refractivity contribution < 1.29 is 35.1 Å². The van der Waals surface area contributed by atoms with Crippen molar-refractivity contribution in [3.05, 3.63) is 35.1 Å². The molecule has 0 unspecified atom stereocenters. The van der Waals surface area contributed by atoms with E-state index in [1.54, 1.807) is 0 Å². The Hall–Kier alpha value is -1.09. The van der Waals surface area contributed by atoms with Crippen molar-refractivity contribution in [1.82, 2.24) is 0 Å². The molecule has 0 heterocycles. The van der Waals surface area contributed by atoms with E-state index in [0.29, 0.717) is 0 Å². The van der Waals surface area contributed by atoms with Gasteiger partial charge in [0.05, 0.1) is 0 Å². The molecule has 0 saturated carbocycles. The molecule has 0 aromatic heterocycles. The van der Waals surface area contributed by atoms with Crippen LogP contribution in [-0.4, -0.2) is 12.1 Å². The number of halogens is 9. The van der Waals surface area contributed by atoms with Gasteiger partial charge < -0.3 is 5.73 Å². The third-order valence-corrected chi connectivity index (χ3v) is 2.16. The Balaban J connectivity index is 0.00000324. The maximum Gasteiger partial charge on any atom is 0.455 e. The second kappa shape index (κ2) is 5.49. The highest BCUT2D eigenvalue weighted by Crippen LogP contribution is 2.44. The van der Waals surface area contributed by atoms with Crippen molar-refractivity contribution in [3.8, 4) is 0 Å². The molecule has 110 valence electrons. The summed E-state index contributed by atoms with van der Waals surface area (Å²) in [5, 5.41) is 0. The molecule has 0 aliphatic carbocycles. The highest BCUT2D eigenvalue weighted by atomic mass is 35.5. The van der Waals surface area contributed by atoms with Gasteiger partial charge in [0.25, 0.3) is 0 Å². The van der Waals surface area contributed by atoms with Gasteiger partial charge in [0, 0.05) is 5.56 Å². The first-order valence-corrected chi connectivity index (χ1v) is 4.33. The van der Waals surface area contributed by atoms with Crippen LogP contribution in [-0.2, 0) is 0 Å². The minimum Gasteiger partial charge on any atom is -0.319 e. The molecule has 19 heavy (non-hydrogen) atoms. The SMILES string of the molecule is Cl.N[C@H](c1c(F)ccc(F)c1F)C(F)(F)C(F)(F)F. The number of hydrogen-bond donors (Lipinski definition) is 1. The maximum absolute atomic E-state index is 13.0. The van der Waals surface area contributed by atoms with Crippen LogP contribution >= 0.6 is 12.4 Å². The number of hydrogen-bond acceptors (Lipinski definition) is 1. The Kier molecular flexibility index (Phi) is 5.18. The molecule has 0 radical (unpaired) electrons. The third-order valence-electron chi connectivity index (χ3n) is 2.16. The topological polar surface area (TPSA) is 26.0 Å². The van der Waals surface area contributed by atoms with E-state index in [0.717, 1.165) is 0 Å². The number of rotatable bonds is 2. The average Bonchev–Trinajstić information content (AvgIpc) is 2.22. The molecule has 2 N–H and O–H groups in total. The van der Waals surface area contributed by atoms with Crippen molar-refractivity contribution >= 4 is 12.4 Å². The summed E-state index contributed by atoms with van der Waals surface area (Å²) in [5.74, 6) is -11.3. The van der Waals surface area contributed by atoms with Crippen molar-refractivity contribution in [2.75, 3.05) is 0 Å². The first-order chi connectivity index (χ1) is 8.00. The van der Waals surface area contributed by atoms with Crippen LogP contribution in [0.4, 0.5) is 35.1 Å². The van der Waals surface area contributed by atoms with Crippen LogP contribution in [0.1, 0.15) is 11.6 Å². The lowest BCUT2D eigenvalue weighted by Gasteiger charge is -2.26. The molecule has 0 bridgehead atoms. The fraction of sp³-hybridized carbons (Fsp3) is 0.333. The minimum absolute atomic E-state index is 0. The molecule has 0 spiro atoms. The lowest BCUT2D eigenvalue weighted by Crippen LogP contribution is -2.46. The van der Waals surface area contributed by atoms with Gasteiger partial charge >= 0.3 is 12.1 Å². The Morgan fingerprint density at radius 2 is 1.32 bits per heavy atom. The van der Waals surface area contributed by atoms with Crippen molar-refractivity contribution in [2.24, 2.45) is 5.73 Å². The van der Waals surface area contributed by atoms with Gasteiger partial charge in [-0.15, -0.1) is 12.4 Å². The van der Waals surface area contributed by atoms with Crippen LogP contribution in [0, 0.1) is 17.5 Å². The van der Waals surface area contributed by atoms with Gasteiger partial charge in [0.2, 0.25) is 0 Å². The minimum atomic E-state index is -6.11. The normalized spacial score (nSPS) is 13.9. The van der Waals surface area contributed by atoms with E-state index in [4.69, 9.17) is 0 Å². The van der Waals surface area contributed by atoms with Gasteiger partial charge in [-0.1, -0.05) is 0 Å². The Morgan fingerprint density at radius 3 is 1.74 bits per heavy atom. The van der Waals surface area contributed by atoms with Crippen LogP contribution < -0.4 is 5.73 Å². The van der Waals surface area contributed by atoms with Crippen LogP contribution in [0.5, 0.6) is 0 Å². The summed E-state index contributed by atoms with van der Waals surface area (Å²) in [5.41, 5.74) is 2.66. The molecule has 1 rings (SSSR count). The first kappa shape index (κ1) is 17.9. The van der Waals surface area contributed by atoms with Crippen LogP contribution in [0.25, 0.3) is 0 Å². The molecular weight excluding hydrogens is 310 g/mol. The lowest BCUT2D eigenvalue weighted by atomic mass is 9.99. The predicted octanol–water partition coefficient (Wildman–Crippen LogP) is 3.72. The summed E-state index contributed by atoms with van der Waals surface area (Å²) in [6, 6.07) is -2.93. The monoisotopic (exact) mass is 315 g/mol. The van der Waals surface area contributed by atoms with Gasteiger partial charge in [0.1, 0.15) is 11.9 Å². The Morgan fingerprint density at radius 1 is 0.895 bits per heavy atom. The number of alkyl halides is 5. The Labute approximate surface area is 107 Å². The molecule has 0 fully saturated rings. The molecule has 0 aliphatic heterocycles. The molecule has 0 amide bonds. The second-order valence-corrected chi connectivity index (χ2v) is 3.36. The standard InChI is InChI=1S/C9H5F8N.ClH/c10-3-1-2-4(11)6(12)5(3)7(18)8(13,14)9(15,16)17;/h1-2,7H,18H2;1H/t7-;/m1./s1. The summed E-state index contributed by atoms with van der Waals surface area (Å²) in [6.45, 7) is 0. The molecule has 1 aromatic carbocycles. The molecular formula is C9H6ClF8N. The summed E-state index contributed by atoms with van der Waals surface area (Å²) in [6.07, 6.45) is -6.11. The van der Waals surface area contributed by atoms with E-state index in [1.807, 2.05) is 0 Å². The fourth-order valence-electron chi connectivity index (χ4n) is 1.19. The van der Waals surface area contributed by atoms with Crippen LogP contribution in [0.3, 0.4) is 0 Å². The smallest absolute Gasteiger partial charge is 0.319 e. The quantitative estimate of drug-likeness (QED) is 0.653. The van der Waals surface area contributed by atoms with Crippen LogP contribution in [0.15, 0.2) is 12.1 Å². The number of benzene rings is 1. The predicted molar refractivity (Wildman–Crippen MR) is 51.5 cm³/mol. The molecule has 1 aromatic rings. The van der Waals surface area contributed by atoms with Gasteiger partial charge in [-0.3, -0.25) is 0 Å². The van der Waals surface area contributed by atoms with Gasteiger partial charge in [0.15, 0.2) is 11.6 Å². The number of nitrogens with two attached hydrogens (primary N) is 1.